The third-order valence-electron chi connectivity index (χ3n) is 3.94. The number of likely N-dealkylation sites (N-methyl/N-ethyl adjacent to an activating group) is 1. The van der Waals surface area contributed by atoms with Crippen LogP contribution in [-0.2, 0) is 11.2 Å². The van der Waals surface area contributed by atoms with Gasteiger partial charge in [-0.3, -0.25) is 9.59 Å². The first-order chi connectivity index (χ1) is 12.4. The van der Waals surface area contributed by atoms with Crippen molar-refractivity contribution >= 4 is 29.1 Å². The number of hydrogen-bond donors (Lipinski definition) is 2. The largest absolute Gasteiger partial charge is 0.324 e. The molecule has 136 valence electrons. The summed E-state index contributed by atoms with van der Waals surface area (Å²) in [7, 11) is 1.55. The van der Waals surface area contributed by atoms with Gasteiger partial charge in [0.25, 0.3) is 0 Å². The van der Waals surface area contributed by atoms with E-state index in [4.69, 9.17) is 0 Å². The minimum atomic E-state index is -0.403. The van der Waals surface area contributed by atoms with E-state index >= 15 is 0 Å². The molecule has 2 rings (SSSR count). The van der Waals surface area contributed by atoms with Gasteiger partial charge in [-0.2, -0.15) is 0 Å². The van der Waals surface area contributed by atoms with Crippen molar-refractivity contribution in [3.8, 4) is 0 Å². The maximum absolute atomic E-state index is 12.2. The number of urea groups is 1. The van der Waals surface area contributed by atoms with E-state index in [9.17, 15) is 14.4 Å². The van der Waals surface area contributed by atoms with E-state index in [0.29, 0.717) is 11.3 Å². The second-order valence-corrected chi connectivity index (χ2v) is 5.98. The standard InChI is InChI=1S/C20H23N3O3/c1-4-15-7-5-6-8-18(15)22-19(25)13-23(3)20(26)21-17-11-9-16(10-12-17)14(2)24/h5-12H,4,13H2,1-3H3,(H,21,26)(H,22,25). The van der Waals surface area contributed by atoms with Gasteiger partial charge >= 0.3 is 6.03 Å². The van der Waals surface area contributed by atoms with E-state index in [2.05, 4.69) is 10.6 Å². The summed E-state index contributed by atoms with van der Waals surface area (Å²) in [6.07, 6.45) is 0.809. The van der Waals surface area contributed by atoms with Gasteiger partial charge in [-0.05, 0) is 49.2 Å². The molecule has 0 bridgehead atoms. The van der Waals surface area contributed by atoms with Crippen molar-refractivity contribution in [1.82, 2.24) is 4.90 Å². The number of nitrogens with one attached hydrogen (secondary N) is 2. The molecule has 26 heavy (non-hydrogen) atoms. The molecule has 0 fully saturated rings. The van der Waals surface area contributed by atoms with Gasteiger partial charge < -0.3 is 15.5 Å². The number of amides is 3. The molecular formula is C20H23N3O3. The smallest absolute Gasteiger partial charge is 0.322 e. The van der Waals surface area contributed by atoms with Gasteiger partial charge in [0.15, 0.2) is 5.78 Å². The molecule has 0 radical (unpaired) electrons. The third kappa shape index (κ3) is 5.17. The predicted octanol–water partition coefficient (Wildman–Crippen LogP) is 3.55. The van der Waals surface area contributed by atoms with Crippen LogP contribution >= 0.6 is 0 Å². The Hall–Kier alpha value is -3.15. The summed E-state index contributed by atoms with van der Waals surface area (Å²) in [4.78, 5) is 37.0. The molecule has 0 heterocycles. The number of Topliss-reactive ketones (excluding diaryl/α,β-unsaturated/α-hetero) is 1. The second kappa shape index (κ2) is 8.80. The third-order valence-corrected chi connectivity index (χ3v) is 3.94. The fourth-order valence-corrected chi connectivity index (χ4v) is 2.43. The van der Waals surface area contributed by atoms with E-state index in [-0.39, 0.29) is 18.2 Å². The van der Waals surface area contributed by atoms with Crippen molar-refractivity contribution in [2.75, 3.05) is 24.2 Å². The van der Waals surface area contributed by atoms with E-state index in [1.165, 1.54) is 11.8 Å². The van der Waals surface area contributed by atoms with Crippen LogP contribution < -0.4 is 10.6 Å². The molecule has 0 unspecified atom stereocenters. The Balaban J connectivity index is 1.91. The molecular weight excluding hydrogens is 330 g/mol. The van der Waals surface area contributed by atoms with Crippen molar-refractivity contribution in [2.24, 2.45) is 0 Å². The van der Waals surface area contributed by atoms with Gasteiger partial charge in [-0.1, -0.05) is 25.1 Å². The Bertz CT molecular complexity index is 800. The van der Waals surface area contributed by atoms with Crippen molar-refractivity contribution < 1.29 is 14.4 Å². The normalized spacial score (nSPS) is 10.1. The zero-order valence-corrected chi connectivity index (χ0v) is 15.2. The molecule has 0 aromatic heterocycles. The van der Waals surface area contributed by atoms with Gasteiger partial charge in [0.1, 0.15) is 6.54 Å². The Morgan fingerprint density at radius 1 is 0.962 bits per heavy atom. The average molecular weight is 353 g/mol. The highest BCUT2D eigenvalue weighted by atomic mass is 16.2. The summed E-state index contributed by atoms with van der Waals surface area (Å²) in [6, 6.07) is 13.8. The molecule has 0 aliphatic carbocycles. The minimum absolute atomic E-state index is 0.0379. The van der Waals surface area contributed by atoms with Gasteiger partial charge in [0, 0.05) is 24.0 Å². The van der Waals surface area contributed by atoms with Crippen LogP contribution in [0.25, 0.3) is 0 Å². The molecule has 6 nitrogen and oxygen atoms in total. The number of carbonyl (C=O) groups is 3. The lowest BCUT2D eigenvalue weighted by Gasteiger charge is -2.18. The van der Waals surface area contributed by atoms with E-state index in [1.807, 2.05) is 31.2 Å². The monoisotopic (exact) mass is 353 g/mol. The molecule has 0 aliphatic rings. The minimum Gasteiger partial charge on any atom is -0.324 e. The van der Waals surface area contributed by atoms with Crippen LogP contribution in [0, 0.1) is 0 Å². The zero-order valence-electron chi connectivity index (χ0n) is 15.2. The van der Waals surface area contributed by atoms with Crippen molar-refractivity contribution in [3.05, 3.63) is 59.7 Å². The molecule has 2 aromatic rings. The highest BCUT2D eigenvalue weighted by Gasteiger charge is 2.14. The lowest BCUT2D eigenvalue weighted by Crippen LogP contribution is -2.37. The average Bonchev–Trinajstić information content (AvgIpc) is 2.62. The number of rotatable bonds is 6. The molecule has 6 heteroatoms. The van der Waals surface area contributed by atoms with Crippen LogP contribution in [0.2, 0.25) is 0 Å². The number of nitrogens with zero attached hydrogens (tertiary/aromatic N) is 1. The molecule has 0 atom stereocenters. The summed E-state index contributed by atoms with van der Waals surface area (Å²) in [5.41, 5.74) is 2.93. The lowest BCUT2D eigenvalue weighted by molar-refractivity contribution is -0.116. The number of hydrogen-bond acceptors (Lipinski definition) is 3. The van der Waals surface area contributed by atoms with Gasteiger partial charge in [0.2, 0.25) is 5.91 Å². The summed E-state index contributed by atoms with van der Waals surface area (Å²) >= 11 is 0. The van der Waals surface area contributed by atoms with E-state index in [1.54, 1.807) is 31.3 Å². The Morgan fingerprint density at radius 2 is 1.62 bits per heavy atom. The Kier molecular flexibility index (Phi) is 6.49. The summed E-state index contributed by atoms with van der Waals surface area (Å²) in [6.45, 7) is 3.42. The highest BCUT2D eigenvalue weighted by Crippen LogP contribution is 2.15. The molecule has 0 spiro atoms. The predicted molar refractivity (Wildman–Crippen MR) is 103 cm³/mol. The highest BCUT2D eigenvalue weighted by molar-refractivity contribution is 5.98. The van der Waals surface area contributed by atoms with E-state index < -0.39 is 6.03 Å². The van der Waals surface area contributed by atoms with Crippen LogP contribution in [0.1, 0.15) is 29.8 Å². The quantitative estimate of drug-likeness (QED) is 0.780. The van der Waals surface area contributed by atoms with Crippen LogP contribution in [-0.4, -0.2) is 36.2 Å². The number of ketones is 1. The molecule has 0 saturated carbocycles. The number of benzene rings is 2. The number of anilines is 2. The van der Waals surface area contributed by atoms with E-state index in [0.717, 1.165) is 17.7 Å². The first-order valence-corrected chi connectivity index (χ1v) is 8.41. The first kappa shape index (κ1) is 19.2. The number of para-hydroxylation sites is 1. The van der Waals surface area contributed by atoms with Gasteiger partial charge in [0.05, 0.1) is 0 Å². The van der Waals surface area contributed by atoms with Gasteiger partial charge in [-0.25, -0.2) is 4.79 Å². The van der Waals surface area contributed by atoms with Gasteiger partial charge in [-0.15, -0.1) is 0 Å². The Labute approximate surface area is 153 Å². The molecule has 0 aliphatic heterocycles. The molecule has 0 saturated heterocycles. The summed E-state index contributed by atoms with van der Waals surface area (Å²) in [5, 5.41) is 5.53. The molecule has 2 N–H and O–H groups in total. The fraction of sp³-hybridized carbons (Fsp3) is 0.250. The topological polar surface area (TPSA) is 78.5 Å². The van der Waals surface area contributed by atoms with Crippen LogP contribution in [0.4, 0.5) is 16.2 Å². The zero-order chi connectivity index (χ0) is 19.1. The Morgan fingerprint density at radius 3 is 2.23 bits per heavy atom. The lowest BCUT2D eigenvalue weighted by atomic mass is 10.1. The first-order valence-electron chi connectivity index (χ1n) is 8.41. The van der Waals surface area contributed by atoms with Crippen LogP contribution in [0.5, 0.6) is 0 Å². The van der Waals surface area contributed by atoms with Crippen LogP contribution in [0.15, 0.2) is 48.5 Å². The summed E-state index contributed by atoms with van der Waals surface area (Å²) in [5.74, 6) is -0.306. The molecule has 3 amide bonds. The number of carbonyl (C=O) groups excluding carboxylic acids is 3. The van der Waals surface area contributed by atoms with Crippen molar-refractivity contribution in [2.45, 2.75) is 20.3 Å². The molecule has 2 aromatic carbocycles. The van der Waals surface area contributed by atoms with Crippen LogP contribution in [0.3, 0.4) is 0 Å². The van der Waals surface area contributed by atoms with Crippen molar-refractivity contribution in [1.29, 1.82) is 0 Å². The summed E-state index contributed by atoms with van der Waals surface area (Å²) < 4.78 is 0. The second-order valence-electron chi connectivity index (χ2n) is 5.98. The van der Waals surface area contributed by atoms with Crippen molar-refractivity contribution in [3.63, 3.8) is 0 Å². The number of aryl methyl sites for hydroxylation is 1. The fourth-order valence-electron chi connectivity index (χ4n) is 2.43. The maximum atomic E-state index is 12.2. The SMILES string of the molecule is CCc1ccccc1NC(=O)CN(C)C(=O)Nc1ccc(C(C)=O)cc1. The maximum Gasteiger partial charge on any atom is 0.322 e.